The molecule has 2 heterocycles. The van der Waals surface area contributed by atoms with E-state index in [9.17, 15) is 18.0 Å². The predicted molar refractivity (Wildman–Crippen MR) is 134 cm³/mol. The van der Waals surface area contributed by atoms with E-state index in [1.165, 1.54) is 4.90 Å². The lowest BCUT2D eigenvalue weighted by molar-refractivity contribution is -0.152. The molecule has 9 heteroatoms. The molecule has 3 aromatic rings. The Labute approximate surface area is 208 Å². The third kappa shape index (κ3) is 5.16. The van der Waals surface area contributed by atoms with Crippen LogP contribution in [0.5, 0.6) is 0 Å². The van der Waals surface area contributed by atoms with Crippen LogP contribution in [-0.4, -0.2) is 64.9 Å². The molecule has 6 nitrogen and oxygen atoms in total. The van der Waals surface area contributed by atoms with E-state index in [-0.39, 0.29) is 18.0 Å². The number of hydrogen-bond donors (Lipinski definition) is 1. The van der Waals surface area contributed by atoms with Crippen LogP contribution in [0.15, 0.2) is 42.6 Å². The Bertz CT molecular complexity index is 1290. The number of fused-ring (bicyclic) bond motifs is 1. The average Bonchev–Trinajstić information content (AvgIpc) is 3.64. The largest absolute Gasteiger partial charge is 0.401 e. The van der Waals surface area contributed by atoms with Gasteiger partial charge in [0.1, 0.15) is 0 Å². The maximum absolute atomic E-state index is 13.0. The second-order valence-electron chi connectivity index (χ2n) is 10.1. The van der Waals surface area contributed by atoms with Crippen LogP contribution in [0.25, 0.3) is 21.9 Å². The van der Waals surface area contributed by atoms with Crippen LogP contribution in [0, 0.1) is 6.92 Å². The van der Waals surface area contributed by atoms with E-state index >= 15 is 0 Å². The number of benzene rings is 2. The number of piperazine rings is 1. The van der Waals surface area contributed by atoms with Gasteiger partial charge in [0.15, 0.2) is 5.82 Å². The number of alkyl halides is 3. The van der Waals surface area contributed by atoms with Crippen molar-refractivity contribution in [1.29, 1.82) is 0 Å². The molecule has 0 radical (unpaired) electrons. The van der Waals surface area contributed by atoms with Crippen LogP contribution < -0.4 is 10.2 Å². The fourth-order valence-electron chi connectivity index (χ4n) is 4.97. The number of rotatable bonds is 5. The van der Waals surface area contributed by atoms with E-state index in [2.05, 4.69) is 20.4 Å². The van der Waals surface area contributed by atoms with Gasteiger partial charge in [0, 0.05) is 47.6 Å². The smallest absolute Gasteiger partial charge is 0.349 e. The van der Waals surface area contributed by atoms with Crippen molar-refractivity contribution in [3.8, 4) is 11.1 Å². The van der Waals surface area contributed by atoms with E-state index in [4.69, 9.17) is 0 Å². The number of carbonyl (C=O) groups excluding carboxylic acids is 1. The standard InChI is InChI=1S/C27H30F3N5O/c1-16-4-5-20(26(36)32-22-7-8-22)11-24(16)19-6-9-23-21(10-19)12-31-33-25(23)35-14-17(2)34(13-18(35)3)15-27(28,29)30/h4-6,9-12,17-18,22H,7-8,13-15H2,1-3H3,(H,32,36). The van der Waals surface area contributed by atoms with E-state index in [1.807, 2.05) is 57.2 Å². The van der Waals surface area contributed by atoms with Crippen molar-refractivity contribution in [2.75, 3.05) is 24.5 Å². The highest BCUT2D eigenvalue weighted by Gasteiger charge is 2.38. The topological polar surface area (TPSA) is 61.4 Å². The highest BCUT2D eigenvalue weighted by Crippen LogP contribution is 2.33. The molecule has 5 rings (SSSR count). The van der Waals surface area contributed by atoms with Gasteiger partial charge in [0.25, 0.3) is 5.91 Å². The lowest BCUT2D eigenvalue weighted by atomic mass is 9.96. The maximum Gasteiger partial charge on any atom is 0.401 e. The van der Waals surface area contributed by atoms with Crippen molar-refractivity contribution < 1.29 is 18.0 Å². The highest BCUT2D eigenvalue weighted by molar-refractivity contribution is 5.98. The SMILES string of the molecule is Cc1ccc(C(=O)NC2CC2)cc1-c1ccc2c(N3CC(C)N(CC(F)(F)F)CC3C)nncc2c1. The Kier molecular flexibility index (Phi) is 6.36. The predicted octanol–water partition coefficient (Wildman–Crippen LogP) is 4.96. The number of carbonyl (C=O) groups is 1. The molecule has 2 fully saturated rings. The van der Waals surface area contributed by atoms with Gasteiger partial charge in [-0.05, 0) is 74.6 Å². The van der Waals surface area contributed by atoms with Crippen molar-refractivity contribution in [1.82, 2.24) is 20.4 Å². The van der Waals surface area contributed by atoms with Crippen LogP contribution in [0.2, 0.25) is 0 Å². The lowest BCUT2D eigenvalue weighted by Gasteiger charge is -2.44. The molecule has 1 N–H and O–H groups in total. The van der Waals surface area contributed by atoms with Crippen LogP contribution in [0.4, 0.5) is 19.0 Å². The molecule has 36 heavy (non-hydrogen) atoms. The Morgan fingerprint density at radius 3 is 2.58 bits per heavy atom. The molecule has 1 aliphatic carbocycles. The Hall–Kier alpha value is -3.20. The fourth-order valence-corrected chi connectivity index (χ4v) is 4.97. The molecular weight excluding hydrogens is 467 g/mol. The van der Waals surface area contributed by atoms with Gasteiger partial charge >= 0.3 is 6.18 Å². The van der Waals surface area contributed by atoms with Crippen LogP contribution in [-0.2, 0) is 0 Å². The van der Waals surface area contributed by atoms with Gasteiger partial charge in [0.05, 0.1) is 12.7 Å². The summed E-state index contributed by atoms with van der Waals surface area (Å²) in [5.74, 6) is 0.625. The molecule has 1 saturated carbocycles. The summed E-state index contributed by atoms with van der Waals surface area (Å²) in [6, 6.07) is 11.6. The minimum Gasteiger partial charge on any atom is -0.349 e. The zero-order chi connectivity index (χ0) is 25.6. The van der Waals surface area contributed by atoms with E-state index in [1.54, 1.807) is 6.20 Å². The van der Waals surface area contributed by atoms with Crippen molar-refractivity contribution in [3.63, 3.8) is 0 Å². The van der Waals surface area contributed by atoms with E-state index in [0.717, 1.165) is 40.3 Å². The quantitative estimate of drug-likeness (QED) is 0.540. The summed E-state index contributed by atoms with van der Waals surface area (Å²) in [7, 11) is 0. The van der Waals surface area contributed by atoms with Crippen molar-refractivity contribution >= 4 is 22.5 Å². The molecule has 190 valence electrons. The number of nitrogens with zero attached hydrogens (tertiary/aromatic N) is 4. The third-order valence-electron chi connectivity index (χ3n) is 7.13. The van der Waals surface area contributed by atoms with Gasteiger partial charge in [0.2, 0.25) is 0 Å². The lowest BCUT2D eigenvalue weighted by Crippen LogP contribution is -2.58. The molecule has 0 spiro atoms. The van der Waals surface area contributed by atoms with Crippen molar-refractivity contribution in [2.45, 2.75) is 57.9 Å². The minimum absolute atomic E-state index is 0.0551. The summed E-state index contributed by atoms with van der Waals surface area (Å²) in [5.41, 5.74) is 3.64. The number of halogens is 3. The van der Waals surface area contributed by atoms with Gasteiger partial charge in [-0.15, -0.1) is 5.10 Å². The van der Waals surface area contributed by atoms with Gasteiger partial charge in [-0.2, -0.15) is 18.3 Å². The van der Waals surface area contributed by atoms with Gasteiger partial charge in [-0.3, -0.25) is 9.69 Å². The summed E-state index contributed by atoms with van der Waals surface area (Å²) in [6.07, 6.45) is -0.449. The second-order valence-corrected chi connectivity index (χ2v) is 10.1. The Morgan fingerprint density at radius 1 is 1.08 bits per heavy atom. The molecule has 1 aromatic heterocycles. The average molecular weight is 498 g/mol. The number of anilines is 1. The normalized spacial score (nSPS) is 21.1. The van der Waals surface area contributed by atoms with Crippen LogP contribution in [0.1, 0.15) is 42.6 Å². The zero-order valence-corrected chi connectivity index (χ0v) is 20.6. The highest BCUT2D eigenvalue weighted by atomic mass is 19.4. The summed E-state index contributed by atoms with van der Waals surface area (Å²) >= 11 is 0. The third-order valence-corrected chi connectivity index (χ3v) is 7.13. The summed E-state index contributed by atoms with van der Waals surface area (Å²) < 4.78 is 39.0. The molecule has 1 saturated heterocycles. The van der Waals surface area contributed by atoms with E-state index < -0.39 is 12.7 Å². The molecule has 0 bridgehead atoms. The van der Waals surface area contributed by atoms with Gasteiger partial charge in [-0.25, -0.2) is 0 Å². The Balaban J connectivity index is 1.43. The zero-order valence-electron chi connectivity index (χ0n) is 20.6. The first-order valence-electron chi connectivity index (χ1n) is 12.3. The van der Waals surface area contributed by atoms with Crippen LogP contribution >= 0.6 is 0 Å². The number of amides is 1. The summed E-state index contributed by atoms with van der Waals surface area (Å²) in [5, 5.41) is 13.4. The number of nitrogens with one attached hydrogen (secondary N) is 1. The summed E-state index contributed by atoms with van der Waals surface area (Å²) in [4.78, 5) is 16.1. The number of aryl methyl sites for hydroxylation is 1. The first-order chi connectivity index (χ1) is 17.1. The van der Waals surface area contributed by atoms with E-state index in [0.29, 0.717) is 30.5 Å². The Morgan fingerprint density at radius 2 is 1.86 bits per heavy atom. The minimum atomic E-state index is -4.22. The van der Waals surface area contributed by atoms with Gasteiger partial charge < -0.3 is 10.2 Å². The summed E-state index contributed by atoms with van der Waals surface area (Å²) in [6.45, 7) is 5.58. The van der Waals surface area contributed by atoms with Crippen LogP contribution in [0.3, 0.4) is 0 Å². The molecule has 2 aliphatic rings. The maximum atomic E-state index is 13.0. The second kappa shape index (κ2) is 9.35. The first-order valence-corrected chi connectivity index (χ1v) is 12.3. The molecule has 2 aromatic carbocycles. The number of aromatic nitrogens is 2. The van der Waals surface area contributed by atoms with Crippen molar-refractivity contribution in [3.05, 3.63) is 53.7 Å². The van der Waals surface area contributed by atoms with Crippen molar-refractivity contribution in [2.24, 2.45) is 0 Å². The molecule has 1 aliphatic heterocycles. The number of hydrogen-bond acceptors (Lipinski definition) is 5. The molecule has 2 unspecified atom stereocenters. The molecule has 1 amide bonds. The fraction of sp³-hybridized carbons (Fsp3) is 0.444. The molecule has 2 atom stereocenters. The first kappa shape index (κ1) is 24.5. The monoisotopic (exact) mass is 497 g/mol. The van der Waals surface area contributed by atoms with Gasteiger partial charge in [-0.1, -0.05) is 12.1 Å². The molecular formula is C27H30F3N5O.